The zero-order valence-corrected chi connectivity index (χ0v) is 4.53. The zero-order chi connectivity index (χ0) is 6.73. The van der Waals surface area contributed by atoms with E-state index >= 15 is 0 Å². The Morgan fingerprint density at radius 2 is 2.25 bits per heavy atom. The molecule has 0 bridgehead atoms. The number of carbonyl (C=O) groups is 1. The Hall–Kier alpha value is -0.610. The molecule has 0 aliphatic heterocycles. The van der Waals surface area contributed by atoms with Crippen LogP contribution in [0.1, 0.15) is 8.35 Å². The molecule has 0 aromatic heterocycles. The monoisotopic (exact) mass is 120 g/mol. The summed E-state index contributed by atoms with van der Waals surface area (Å²) in [5.41, 5.74) is 4.91. The maximum absolute atomic E-state index is 9.86. The van der Waals surface area contributed by atoms with Gasteiger partial charge < -0.3 is 15.9 Å². The second-order valence-electron chi connectivity index (χ2n) is 1.60. The van der Waals surface area contributed by atoms with Gasteiger partial charge in [0.05, 0.1) is 6.10 Å². The third kappa shape index (κ3) is 1.90. The molecule has 0 radical (unpaired) electrons. The Balaban J connectivity index is 0. The van der Waals surface area contributed by atoms with Gasteiger partial charge in [-0.3, -0.25) is 4.79 Å². The summed E-state index contributed by atoms with van der Waals surface area (Å²) in [7, 11) is 0. The highest BCUT2D eigenvalue weighted by Crippen LogP contribution is 1.85. The predicted molar refractivity (Wildman–Crippen MR) is 28.4 cm³/mol. The molecule has 0 spiro atoms. The number of hydrogen-bond acceptors (Lipinski definition) is 3. The lowest BCUT2D eigenvalue weighted by atomic mass is 10.2. The topological polar surface area (TPSA) is 83.5 Å². The minimum absolute atomic E-state index is 0. The van der Waals surface area contributed by atoms with E-state index in [0.717, 1.165) is 0 Å². The lowest BCUT2D eigenvalue weighted by Gasteiger charge is -2.06. The highest BCUT2D eigenvalue weighted by Gasteiger charge is 2.16. The van der Waals surface area contributed by atoms with Gasteiger partial charge in [0.25, 0.3) is 0 Å². The smallest absolute Gasteiger partial charge is 0.480 e. The molecule has 0 aliphatic rings. The predicted octanol–water partition coefficient (Wildman–Crippen LogP) is -1.11. The molecule has 0 aromatic rings. The Morgan fingerprint density at radius 3 is 2.25 bits per heavy atom. The van der Waals surface area contributed by atoms with E-state index in [4.69, 9.17) is 15.9 Å². The zero-order valence-electron chi connectivity index (χ0n) is 5.53. The van der Waals surface area contributed by atoms with E-state index in [0.29, 0.717) is 0 Å². The summed E-state index contributed by atoms with van der Waals surface area (Å²) in [5.74, 6) is -1.18. The molecule has 4 heteroatoms. The van der Waals surface area contributed by atoms with E-state index in [1.165, 1.54) is 6.92 Å². The quantitative estimate of drug-likeness (QED) is 0.431. The summed E-state index contributed by atoms with van der Waals surface area (Å²) >= 11 is 0. The Bertz CT molecular complexity index is 95.8. The van der Waals surface area contributed by atoms with Crippen molar-refractivity contribution in [2.24, 2.45) is 5.73 Å². The van der Waals surface area contributed by atoms with Crippen molar-refractivity contribution in [3.63, 3.8) is 0 Å². The van der Waals surface area contributed by atoms with Gasteiger partial charge in [-0.15, -0.1) is 0 Å². The standard InChI is InChI=1S/C4H9NO3/c1-2(6)3(5)4(7)8/h2-3,6H,5H2,1H3,(H,7,8)/p+1. The van der Waals surface area contributed by atoms with Gasteiger partial charge in [0, 0.05) is 0 Å². The fraction of sp³-hybridized carbons (Fsp3) is 0.750. The van der Waals surface area contributed by atoms with Crippen molar-refractivity contribution in [1.29, 1.82) is 0 Å². The van der Waals surface area contributed by atoms with E-state index in [9.17, 15) is 4.79 Å². The molecule has 0 rings (SSSR count). The average Bonchev–Trinajstić information content (AvgIpc) is 1.64. The number of carboxylic acid groups (broad SMARTS) is 1. The van der Waals surface area contributed by atoms with Crippen LogP contribution in [-0.2, 0) is 4.79 Å². The largest absolute Gasteiger partial charge is 1.00 e. The van der Waals surface area contributed by atoms with Gasteiger partial charge in [0.15, 0.2) is 0 Å². The molecule has 0 amide bonds. The van der Waals surface area contributed by atoms with Crippen molar-refractivity contribution in [1.82, 2.24) is 0 Å². The second kappa shape index (κ2) is 2.64. The fourth-order valence-corrected chi connectivity index (χ4v) is 0.206. The van der Waals surface area contributed by atoms with Crippen molar-refractivity contribution in [2.75, 3.05) is 0 Å². The summed E-state index contributed by atoms with van der Waals surface area (Å²) in [5, 5.41) is 16.6. The molecule has 2 atom stereocenters. The van der Waals surface area contributed by atoms with Crippen LogP contribution in [0.2, 0.25) is 0 Å². The van der Waals surface area contributed by atoms with Gasteiger partial charge in [-0.25, -0.2) is 0 Å². The Labute approximate surface area is 48.4 Å². The van der Waals surface area contributed by atoms with Crippen LogP contribution in [-0.4, -0.2) is 28.3 Å². The summed E-state index contributed by atoms with van der Waals surface area (Å²) in [6.45, 7) is 1.33. The van der Waals surface area contributed by atoms with Crippen molar-refractivity contribution in [3.05, 3.63) is 0 Å². The third-order valence-corrected chi connectivity index (χ3v) is 0.805. The SMILES string of the molecule is CC(O)C(N)C(=O)O.[H+]. The fourth-order valence-electron chi connectivity index (χ4n) is 0.206. The van der Waals surface area contributed by atoms with Gasteiger partial charge in [-0.05, 0) is 6.92 Å². The number of hydrogen-bond donors (Lipinski definition) is 3. The number of nitrogens with two attached hydrogens (primary N) is 1. The van der Waals surface area contributed by atoms with E-state index in [1.54, 1.807) is 0 Å². The number of aliphatic hydroxyl groups excluding tert-OH is 1. The van der Waals surface area contributed by atoms with Crippen LogP contribution >= 0.6 is 0 Å². The maximum atomic E-state index is 9.86. The molecule has 0 saturated carbocycles. The lowest BCUT2D eigenvalue weighted by Crippen LogP contribution is -2.39. The minimum Gasteiger partial charge on any atom is -0.480 e. The van der Waals surface area contributed by atoms with E-state index < -0.39 is 18.1 Å². The molecule has 0 heterocycles. The number of carboxylic acids is 1. The summed E-state index contributed by atoms with van der Waals surface area (Å²) in [6, 6.07) is -1.16. The highest BCUT2D eigenvalue weighted by molar-refractivity contribution is 5.73. The maximum Gasteiger partial charge on any atom is 1.00 e. The first kappa shape index (κ1) is 7.39. The van der Waals surface area contributed by atoms with Gasteiger partial charge >= 0.3 is 7.40 Å². The van der Waals surface area contributed by atoms with Gasteiger partial charge in [-0.1, -0.05) is 0 Å². The molecule has 2 unspecified atom stereocenters. The first-order valence-corrected chi connectivity index (χ1v) is 2.22. The highest BCUT2D eigenvalue weighted by atomic mass is 16.4. The van der Waals surface area contributed by atoms with Crippen LogP contribution in [0.4, 0.5) is 0 Å². The number of aliphatic carboxylic acids is 1. The van der Waals surface area contributed by atoms with Gasteiger partial charge in [-0.2, -0.15) is 0 Å². The first-order valence-electron chi connectivity index (χ1n) is 2.22. The molecule has 0 aromatic carbocycles. The summed E-state index contributed by atoms with van der Waals surface area (Å²) < 4.78 is 0. The van der Waals surface area contributed by atoms with Gasteiger partial charge in [0.1, 0.15) is 6.04 Å². The Morgan fingerprint density at radius 1 is 1.88 bits per heavy atom. The van der Waals surface area contributed by atoms with Crippen LogP contribution in [0, 0.1) is 0 Å². The molecule has 0 saturated heterocycles. The van der Waals surface area contributed by atoms with Crippen LogP contribution in [0.25, 0.3) is 0 Å². The van der Waals surface area contributed by atoms with Gasteiger partial charge in [0.2, 0.25) is 0 Å². The third-order valence-electron chi connectivity index (χ3n) is 0.805. The molecule has 8 heavy (non-hydrogen) atoms. The van der Waals surface area contributed by atoms with Crippen LogP contribution in [0.5, 0.6) is 0 Å². The molecular weight excluding hydrogens is 110 g/mol. The van der Waals surface area contributed by atoms with Crippen molar-refractivity contribution in [3.8, 4) is 0 Å². The average molecular weight is 120 g/mol. The molecule has 0 aliphatic carbocycles. The second-order valence-corrected chi connectivity index (χ2v) is 1.60. The molecule has 48 valence electrons. The van der Waals surface area contributed by atoms with Crippen molar-refractivity contribution >= 4 is 5.97 Å². The van der Waals surface area contributed by atoms with E-state index in [2.05, 4.69) is 0 Å². The molecular formula is C4H10NO3+. The van der Waals surface area contributed by atoms with Crippen LogP contribution in [0.15, 0.2) is 0 Å². The van der Waals surface area contributed by atoms with Crippen molar-refractivity contribution in [2.45, 2.75) is 19.1 Å². The number of aliphatic hydroxyl groups is 1. The molecule has 4 N–H and O–H groups in total. The van der Waals surface area contributed by atoms with E-state index in [-0.39, 0.29) is 1.43 Å². The molecule has 0 fully saturated rings. The van der Waals surface area contributed by atoms with E-state index in [1.807, 2.05) is 0 Å². The first-order chi connectivity index (χ1) is 3.55. The van der Waals surface area contributed by atoms with Crippen LogP contribution < -0.4 is 5.73 Å². The lowest BCUT2D eigenvalue weighted by molar-refractivity contribution is -0.140. The van der Waals surface area contributed by atoms with Crippen LogP contribution in [0.3, 0.4) is 0 Å². The van der Waals surface area contributed by atoms with Crippen molar-refractivity contribution < 1.29 is 16.4 Å². The summed E-state index contributed by atoms with van der Waals surface area (Å²) in [6.07, 6.45) is -0.979. The number of rotatable bonds is 2. The Kier molecular flexibility index (Phi) is 2.44. The minimum atomic E-state index is -1.18. The summed E-state index contributed by atoms with van der Waals surface area (Å²) in [4.78, 5) is 9.86. The normalized spacial score (nSPS) is 17.4. The molecule has 4 nitrogen and oxygen atoms in total.